The molecule has 2 N–H and O–H groups in total. The summed E-state index contributed by atoms with van der Waals surface area (Å²) < 4.78 is 0. The van der Waals surface area contributed by atoms with Gasteiger partial charge in [-0.3, -0.25) is 20.1 Å². The van der Waals surface area contributed by atoms with Crippen LogP contribution in [0.5, 0.6) is 0 Å². The molecule has 0 aliphatic rings. The van der Waals surface area contributed by atoms with Crippen molar-refractivity contribution in [2.45, 2.75) is 0 Å². The third-order valence-corrected chi connectivity index (χ3v) is 5.60. The predicted octanol–water partition coefficient (Wildman–Crippen LogP) is 4.69. The van der Waals surface area contributed by atoms with Gasteiger partial charge in [-0.05, 0) is 34.5 Å². The number of aromatic nitrogens is 7. The van der Waals surface area contributed by atoms with Gasteiger partial charge < -0.3 is 4.98 Å². The number of hydrogen-bond donors (Lipinski definition) is 2. The standard InChI is InChI=1S/C21H13N7S/c1-4-29-11-12(1)16-8-23-10-19-14(16)6-17(26-19)20-15-5-13(7-25-21(15)28-27-20)18-9-22-2-3-24-18/h1-11,26H,(H,25,27,28). The van der Waals surface area contributed by atoms with Crippen LogP contribution in [-0.2, 0) is 0 Å². The first kappa shape index (κ1) is 16.1. The van der Waals surface area contributed by atoms with Gasteiger partial charge in [0.2, 0.25) is 0 Å². The van der Waals surface area contributed by atoms with Crippen LogP contribution >= 0.6 is 11.3 Å². The van der Waals surface area contributed by atoms with Crippen molar-refractivity contribution in [3.05, 3.63) is 66.1 Å². The Kier molecular flexibility index (Phi) is 3.50. The highest BCUT2D eigenvalue weighted by atomic mass is 32.1. The minimum Gasteiger partial charge on any atom is -0.352 e. The number of rotatable bonds is 3. The zero-order chi connectivity index (χ0) is 19.2. The summed E-state index contributed by atoms with van der Waals surface area (Å²) in [7, 11) is 0. The Hall–Kier alpha value is -3.91. The van der Waals surface area contributed by atoms with Crippen LogP contribution in [0.15, 0.2) is 66.1 Å². The summed E-state index contributed by atoms with van der Waals surface area (Å²) in [4.78, 5) is 20.9. The average molecular weight is 395 g/mol. The highest BCUT2D eigenvalue weighted by molar-refractivity contribution is 7.08. The van der Waals surface area contributed by atoms with Crippen molar-refractivity contribution >= 4 is 33.3 Å². The van der Waals surface area contributed by atoms with Gasteiger partial charge >= 0.3 is 0 Å². The number of thiophene rings is 1. The van der Waals surface area contributed by atoms with E-state index in [1.807, 2.05) is 18.5 Å². The summed E-state index contributed by atoms with van der Waals surface area (Å²) >= 11 is 1.68. The Morgan fingerprint density at radius 1 is 0.862 bits per heavy atom. The molecule has 0 spiro atoms. The Morgan fingerprint density at radius 2 is 1.86 bits per heavy atom. The van der Waals surface area contributed by atoms with Crippen molar-refractivity contribution < 1.29 is 0 Å². The van der Waals surface area contributed by atoms with Gasteiger partial charge in [-0.25, -0.2) is 4.98 Å². The highest BCUT2D eigenvalue weighted by Gasteiger charge is 2.15. The molecule has 8 heteroatoms. The van der Waals surface area contributed by atoms with Gasteiger partial charge in [0.1, 0.15) is 0 Å². The average Bonchev–Trinajstić information content (AvgIpc) is 3.52. The summed E-state index contributed by atoms with van der Waals surface area (Å²) in [6.45, 7) is 0. The number of H-pyrrole nitrogens is 2. The van der Waals surface area contributed by atoms with Crippen molar-refractivity contribution in [3.8, 4) is 33.8 Å². The lowest BCUT2D eigenvalue weighted by molar-refractivity contribution is 1.10. The molecule has 138 valence electrons. The molecule has 29 heavy (non-hydrogen) atoms. The largest absolute Gasteiger partial charge is 0.352 e. The second-order valence-corrected chi connectivity index (χ2v) is 7.41. The Labute approximate surface area is 168 Å². The van der Waals surface area contributed by atoms with Crippen LogP contribution in [0.2, 0.25) is 0 Å². The lowest BCUT2D eigenvalue weighted by Gasteiger charge is -2.00. The molecule has 6 aromatic rings. The maximum atomic E-state index is 4.48. The minimum absolute atomic E-state index is 0.655. The number of nitrogens with zero attached hydrogens (tertiary/aromatic N) is 5. The van der Waals surface area contributed by atoms with Gasteiger partial charge in [0.15, 0.2) is 5.65 Å². The smallest absolute Gasteiger partial charge is 0.181 e. The molecule has 6 heterocycles. The van der Waals surface area contributed by atoms with E-state index in [4.69, 9.17) is 0 Å². The van der Waals surface area contributed by atoms with Gasteiger partial charge in [-0.1, -0.05) is 0 Å². The third kappa shape index (κ3) is 2.61. The molecule has 6 aromatic heterocycles. The number of pyridine rings is 2. The monoisotopic (exact) mass is 395 g/mol. The molecule has 0 amide bonds. The molecular weight excluding hydrogens is 382 g/mol. The normalized spacial score (nSPS) is 11.4. The summed E-state index contributed by atoms with van der Waals surface area (Å²) in [6, 6.07) is 6.27. The molecule has 0 fully saturated rings. The van der Waals surface area contributed by atoms with E-state index < -0.39 is 0 Å². The highest BCUT2D eigenvalue weighted by Crippen LogP contribution is 2.34. The van der Waals surface area contributed by atoms with E-state index >= 15 is 0 Å². The van der Waals surface area contributed by atoms with Crippen LogP contribution in [0.4, 0.5) is 0 Å². The predicted molar refractivity (Wildman–Crippen MR) is 113 cm³/mol. The first-order valence-electron chi connectivity index (χ1n) is 8.97. The molecule has 0 atom stereocenters. The number of nitrogens with one attached hydrogen (secondary N) is 2. The lowest BCUT2D eigenvalue weighted by Crippen LogP contribution is -1.86. The molecule has 0 radical (unpaired) electrons. The SMILES string of the molecule is c1cnc(-c2cnc3n[nH]c(-c4cc5c(-c6ccsc6)cncc5[nH]4)c3c2)cn1. The fourth-order valence-corrected chi connectivity index (χ4v) is 4.18. The first-order chi connectivity index (χ1) is 14.4. The van der Waals surface area contributed by atoms with E-state index in [0.717, 1.165) is 44.5 Å². The van der Waals surface area contributed by atoms with Crippen LogP contribution in [0.25, 0.3) is 55.7 Å². The Balaban J connectivity index is 1.53. The van der Waals surface area contributed by atoms with E-state index in [1.54, 1.807) is 36.1 Å². The molecule has 0 aliphatic carbocycles. The van der Waals surface area contributed by atoms with Crippen molar-refractivity contribution in [2.24, 2.45) is 0 Å². The zero-order valence-electron chi connectivity index (χ0n) is 15.0. The number of fused-ring (bicyclic) bond motifs is 2. The van der Waals surface area contributed by atoms with Crippen molar-refractivity contribution in [3.63, 3.8) is 0 Å². The molecular formula is C21H13N7S. The third-order valence-electron chi connectivity index (χ3n) is 4.92. The van der Waals surface area contributed by atoms with Crippen molar-refractivity contribution in [1.82, 2.24) is 35.1 Å². The van der Waals surface area contributed by atoms with Crippen LogP contribution < -0.4 is 0 Å². The van der Waals surface area contributed by atoms with Crippen LogP contribution in [0.1, 0.15) is 0 Å². The Bertz CT molecular complexity index is 1450. The molecule has 0 saturated heterocycles. The molecule has 0 aliphatic heterocycles. The van der Waals surface area contributed by atoms with Crippen LogP contribution in [0, 0.1) is 0 Å². The van der Waals surface area contributed by atoms with E-state index in [1.165, 1.54) is 5.56 Å². The summed E-state index contributed by atoms with van der Waals surface area (Å²) in [5.41, 5.74) is 7.38. The van der Waals surface area contributed by atoms with Gasteiger partial charge in [0, 0.05) is 46.7 Å². The number of hydrogen-bond acceptors (Lipinski definition) is 6. The molecule has 0 bridgehead atoms. The molecule has 0 unspecified atom stereocenters. The molecule has 0 aromatic carbocycles. The zero-order valence-corrected chi connectivity index (χ0v) is 15.8. The van der Waals surface area contributed by atoms with Gasteiger partial charge in [0.25, 0.3) is 0 Å². The van der Waals surface area contributed by atoms with Crippen LogP contribution in [-0.4, -0.2) is 35.1 Å². The van der Waals surface area contributed by atoms with Gasteiger partial charge in [0.05, 0.1) is 35.0 Å². The quantitative estimate of drug-likeness (QED) is 0.453. The van der Waals surface area contributed by atoms with Crippen molar-refractivity contribution in [2.75, 3.05) is 0 Å². The maximum absolute atomic E-state index is 4.48. The van der Waals surface area contributed by atoms with Crippen LogP contribution in [0.3, 0.4) is 0 Å². The first-order valence-corrected chi connectivity index (χ1v) is 9.91. The van der Waals surface area contributed by atoms with Crippen molar-refractivity contribution in [1.29, 1.82) is 0 Å². The Morgan fingerprint density at radius 3 is 2.72 bits per heavy atom. The number of aromatic amines is 2. The summed E-state index contributed by atoms with van der Waals surface area (Å²) in [5.74, 6) is 0. The lowest BCUT2D eigenvalue weighted by atomic mass is 10.1. The van der Waals surface area contributed by atoms with E-state index in [2.05, 4.69) is 58.0 Å². The summed E-state index contributed by atoms with van der Waals surface area (Å²) in [6.07, 6.45) is 10.6. The summed E-state index contributed by atoms with van der Waals surface area (Å²) in [5, 5.41) is 13.7. The van der Waals surface area contributed by atoms with Gasteiger partial charge in [-0.2, -0.15) is 16.4 Å². The second kappa shape index (κ2) is 6.32. The molecule has 7 nitrogen and oxygen atoms in total. The van der Waals surface area contributed by atoms with E-state index in [0.29, 0.717) is 5.65 Å². The fraction of sp³-hybridized carbons (Fsp3) is 0. The molecule has 6 rings (SSSR count). The second-order valence-electron chi connectivity index (χ2n) is 6.63. The van der Waals surface area contributed by atoms with E-state index in [-0.39, 0.29) is 0 Å². The maximum Gasteiger partial charge on any atom is 0.181 e. The minimum atomic E-state index is 0.655. The molecule has 0 saturated carbocycles. The van der Waals surface area contributed by atoms with E-state index in [9.17, 15) is 0 Å². The fourth-order valence-electron chi connectivity index (χ4n) is 3.53. The topological polar surface area (TPSA) is 96.0 Å². The van der Waals surface area contributed by atoms with Gasteiger partial charge in [-0.15, -0.1) is 0 Å².